The van der Waals surface area contributed by atoms with E-state index in [1.165, 1.54) is 0 Å². The summed E-state index contributed by atoms with van der Waals surface area (Å²) < 4.78 is 0. The summed E-state index contributed by atoms with van der Waals surface area (Å²) in [5.74, 6) is 0.198. The van der Waals surface area contributed by atoms with E-state index in [-0.39, 0.29) is 29.9 Å². The van der Waals surface area contributed by atoms with Gasteiger partial charge in [0, 0.05) is 32.0 Å². The highest BCUT2D eigenvalue weighted by Gasteiger charge is 2.38. The molecule has 3 amide bonds. The molecule has 5 nitrogen and oxygen atoms in total. The quantitative estimate of drug-likeness (QED) is 0.756. The fourth-order valence-electron chi connectivity index (χ4n) is 3.27. The molecule has 0 aromatic heterocycles. The molecule has 1 heterocycles. The summed E-state index contributed by atoms with van der Waals surface area (Å²) in [4.78, 5) is 26.0. The number of hydrogen-bond acceptors (Lipinski definition) is 2. The van der Waals surface area contributed by atoms with E-state index in [1.54, 1.807) is 4.90 Å². The molecule has 0 aliphatic carbocycles. The Kier molecular flexibility index (Phi) is 6.41. The number of amides is 3. The summed E-state index contributed by atoms with van der Waals surface area (Å²) in [7, 11) is 1.83. The third kappa shape index (κ3) is 4.37. The van der Waals surface area contributed by atoms with Crippen LogP contribution in [0.5, 0.6) is 0 Å². The van der Waals surface area contributed by atoms with Crippen LogP contribution in [-0.2, 0) is 4.79 Å². The van der Waals surface area contributed by atoms with Crippen molar-refractivity contribution in [1.29, 1.82) is 0 Å². The summed E-state index contributed by atoms with van der Waals surface area (Å²) in [6.07, 6.45) is 3.88. The molecule has 0 unspecified atom stereocenters. The Hall–Kier alpha value is -2.30. The van der Waals surface area contributed by atoms with Gasteiger partial charge in [-0.05, 0) is 18.4 Å². The van der Waals surface area contributed by atoms with Crippen LogP contribution in [0.25, 0.3) is 0 Å². The van der Waals surface area contributed by atoms with Gasteiger partial charge in [0.1, 0.15) is 0 Å². The van der Waals surface area contributed by atoms with E-state index >= 15 is 0 Å². The fraction of sp³-hybridized carbons (Fsp3) is 0.474. The van der Waals surface area contributed by atoms with Gasteiger partial charge < -0.3 is 15.5 Å². The van der Waals surface area contributed by atoms with Gasteiger partial charge in [-0.25, -0.2) is 4.79 Å². The van der Waals surface area contributed by atoms with Gasteiger partial charge in [0.05, 0.1) is 6.04 Å². The van der Waals surface area contributed by atoms with Crippen LogP contribution in [0, 0.1) is 5.92 Å². The largest absolute Gasteiger partial charge is 0.338 e. The summed E-state index contributed by atoms with van der Waals surface area (Å²) >= 11 is 0. The Balaban J connectivity index is 1.96. The van der Waals surface area contributed by atoms with Gasteiger partial charge in [0.25, 0.3) is 0 Å². The van der Waals surface area contributed by atoms with Crippen molar-refractivity contribution in [3.05, 3.63) is 48.6 Å². The number of carbonyl (C=O) groups excluding carboxylic acids is 2. The van der Waals surface area contributed by atoms with Crippen molar-refractivity contribution < 1.29 is 9.59 Å². The smallest absolute Gasteiger partial charge is 0.315 e. The lowest BCUT2D eigenvalue weighted by Gasteiger charge is -2.26. The van der Waals surface area contributed by atoms with Crippen molar-refractivity contribution in [3.63, 3.8) is 0 Å². The zero-order chi connectivity index (χ0) is 17.5. The van der Waals surface area contributed by atoms with Crippen molar-refractivity contribution in [2.45, 2.75) is 38.3 Å². The Morgan fingerprint density at radius 2 is 2.12 bits per heavy atom. The minimum Gasteiger partial charge on any atom is -0.338 e. The van der Waals surface area contributed by atoms with Crippen molar-refractivity contribution in [2.75, 3.05) is 13.6 Å². The topological polar surface area (TPSA) is 61.4 Å². The number of carbonyl (C=O) groups is 2. The standard InChI is InChI=1S/C19H27N3O2/c1-4-9-16(5-2)21-19(24)20-13-15-12-17(23)22(3)18(15)14-10-7-6-8-11-14/h4,6-8,10-11,15-16,18H,1,5,9,12-13H2,2-3H3,(H2,20,21,24)/t15-,16+,18-/m0/s1. The number of nitrogens with zero attached hydrogens (tertiary/aromatic N) is 1. The SMILES string of the molecule is C=CC[C@@H](CC)NC(=O)NC[C@@H]1CC(=O)N(C)[C@H]1c1ccccc1. The van der Waals surface area contributed by atoms with Crippen molar-refractivity contribution in [1.82, 2.24) is 15.5 Å². The highest BCUT2D eigenvalue weighted by molar-refractivity contribution is 5.80. The molecule has 1 aliphatic rings. The molecule has 0 radical (unpaired) electrons. The van der Waals surface area contributed by atoms with Crippen LogP contribution >= 0.6 is 0 Å². The maximum atomic E-state index is 12.1. The van der Waals surface area contributed by atoms with Crippen LogP contribution in [0.3, 0.4) is 0 Å². The zero-order valence-corrected chi connectivity index (χ0v) is 14.5. The third-order valence-corrected chi connectivity index (χ3v) is 4.64. The highest BCUT2D eigenvalue weighted by Crippen LogP contribution is 2.36. The summed E-state index contributed by atoms with van der Waals surface area (Å²) in [5, 5.41) is 5.87. The molecular formula is C19H27N3O2. The molecule has 2 rings (SSSR count). The maximum Gasteiger partial charge on any atom is 0.315 e. The van der Waals surface area contributed by atoms with E-state index in [0.717, 1.165) is 18.4 Å². The predicted octanol–water partition coefficient (Wildman–Crippen LogP) is 2.86. The van der Waals surface area contributed by atoms with E-state index in [0.29, 0.717) is 13.0 Å². The molecule has 1 aromatic rings. The minimum absolute atomic E-state index is 0.00847. The first kappa shape index (κ1) is 18.0. The van der Waals surface area contributed by atoms with E-state index in [2.05, 4.69) is 17.2 Å². The second-order valence-electron chi connectivity index (χ2n) is 6.31. The second kappa shape index (κ2) is 8.52. The molecule has 2 N–H and O–H groups in total. The van der Waals surface area contributed by atoms with Crippen LogP contribution in [0.1, 0.15) is 37.8 Å². The number of nitrogens with one attached hydrogen (secondary N) is 2. The van der Waals surface area contributed by atoms with Crippen LogP contribution < -0.4 is 10.6 Å². The number of likely N-dealkylation sites (tertiary alicyclic amines) is 1. The van der Waals surface area contributed by atoms with Gasteiger partial charge in [0.15, 0.2) is 0 Å². The van der Waals surface area contributed by atoms with Gasteiger partial charge in [0.2, 0.25) is 5.91 Å². The molecule has 0 bridgehead atoms. The van der Waals surface area contributed by atoms with Gasteiger partial charge >= 0.3 is 6.03 Å². The minimum atomic E-state index is -0.183. The molecule has 0 spiro atoms. The van der Waals surface area contributed by atoms with E-state index in [9.17, 15) is 9.59 Å². The van der Waals surface area contributed by atoms with Crippen LogP contribution in [-0.4, -0.2) is 36.5 Å². The first-order chi connectivity index (χ1) is 11.6. The average Bonchev–Trinajstić information content (AvgIpc) is 2.87. The maximum absolute atomic E-state index is 12.1. The van der Waals surface area contributed by atoms with E-state index in [4.69, 9.17) is 0 Å². The van der Waals surface area contributed by atoms with Gasteiger partial charge in [-0.15, -0.1) is 6.58 Å². The van der Waals surface area contributed by atoms with Crippen LogP contribution in [0.4, 0.5) is 4.79 Å². The fourth-order valence-corrected chi connectivity index (χ4v) is 3.27. The predicted molar refractivity (Wildman–Crippen MR) is 95.5 cm³/mol. The monoisotopic (exact) mass is 329 g/mol. The Labute approximate surface area is 144 Å². The molecule has 1 saturated heterocycles. The van der Waals surface area contributed by atoms with Crippen molar-refractivity contribution in [2.24, 2.45) is 5.92 Å². The summed E-state index contributed by atoms with van der Waals surface area (Å²) in [5.41, 5.74) is 1.11. The molecule has 0 saturated carbocycles. The first-order valence-electron chi connectivity index (χ1n) is 8.52. The van der Waals surface area contributed by atoms with Crippen LogP contribution in [0.15, 0.2) is 43.0 Å². The Morgan fingerprint density at radius 1 is 1.42 bits per heavy atom. The lowest BCUT2D eigenvalue weighted by Crippen LogP contribution is -2.43. The molecule has 1 fully saturated rings. The molecule has 5 heteroatoms. The van der Waals surface area contributed by atoms with Crippen molar-refractivity contribution >= 4 is 11.9 Å². The molecule has 24 heavy (non-hydrogen) atoms. The lowest BCUT2D eigenvalue weighted by molar-refractivity contribution is -0.127. The Morgan fingerprint density at radius 3 is 2.75 bits per heavy atom. The normalized spacial score (nSPS) is 21.4. The third-order valence-electron chi connectivity index (χ3n) is 4.64. The molecule has 3 atom stereocenters. The van der Waals surface area contributed by atoms with Gasteiger partial charge in [-0.2, -0.15) is 0 Å². The molecule has 130 valence electrons. The summed E-state index contributed by atoms with van der Waals surface area (Å²) in [6, 6.07) is 9.90. The zero-order valence-electron chi connectivity index (χ0n) is 14.5. The first-order valence-corrected chi connectivity index (χ1v) is 8.52. The van der Waals surface area contributed by atoms with Crippen molar-refractivity contribution in [3.8, 4) is 0 Å². The molecule has 1 aliphatic heterocycles. The number of hydrogen-bond donors (Lipinski definition) is 2. The van der Waals surface area contributed by atoms with E-state index < -0.39 is 0 Å². The average molecular weight is 329 g/mol. The van der Waals surface area contributed by atoms with Gasteiger partial charge in [-0.1, -0.05) is 43.3 Å². The van der Waals surface area contributed by atoms with Crippen LogP contribution in [0.2, 0.25) is 0 Å². The van der Waals surface area contributed by atoms with E-state index in [1.807, 2.05) is 50.4 Å². The Bertz CT molecular complexity index is 573. The highest BCUT2D eigenvalue weighted by atomic mass is 16.2. The van der Waals surface area contributed by atoms with Gasteiger partial charge in [-0.3, -0.25) is 4.79 Å². The number of benzene rings is 1. The summed E-state index contributed by atoms with van der Waals surface area (Å²) in [6.45, 7) is 6.22. The number of urea groups is 1. The number of rotatable bonds is 7. The molecular weight excluding hydrogens is 302 g/mol. The lowest BCUT2D eigenvalue weighted by atomic mass is 9.94. The molecule has 1 aromatic carbocycles. The second-order valence-corrected chi connectivity index (χ2v) is 6.31.